The predicted molar refractivity (Wildman–Crippen MR) is 116 cm³/mol. The second-order valence-electron chi connectivity index (χ2n) is 6.19. The molecule has 1 unspecified atom stereocenters. The molecule has 3 rings (SSSR count). The summed E-state index contributed by atoms with van der Waals surface area (Å²) >= 11 is 11.7. The SMILES string of the molecule is COC(=O)C(Oc1ccc(Cl)cc1)c1ccc(OCCOc2ccc(Cl)cc2)cc1. The molecule has 0 saturated carbocycles. The van der Waals surface area contributed by atoms with Crippen molar-refractivity contribution in [2.75, 3.05) is 20.3 Å². The van der Waals surface area contributed by atoms with Crippen molar-refractivity contribution >= 4 is 29.2 Å². The quantitative estimate of drug-likeness (QED) is 0.309. The van der Waals surface area contributed by atoms with Crippen LogP contribution >= 0.6 is 23.2 Å². The number of carbonyl (C=O) groups is 1. The molecule has 3 aromatic carbocycles. The minimum Gasteiger partial charge on any atom is -0.490 e. The minimum atomic E-state index is -0.904. The smallest absolute Gasteiger partial charge is 0.351 e. The van der Waals surface area contributed by atoms with E-state index in [1.54, 1.807) is 72.8 Å². The molecule has 3 aromatic rings. The molecule has 0 aliphatic carbocycles. The Labute approximate surface area is 185 Å². The highest BCUT2D eigenvalue weighted by atomic mass is 35.5. The normalized spacial score (nSPS) is 11.4. The van der Waals surface area contributed by atoms with E-state index >= 15 is 0 Å². The molecule has 0 fully saturated rings. The molecular weight excluding hydrogens is 427 g/mol. The molecule has 5 nitrogen and oxygen atoms in total. The van der Waals surface area contributed by atoms with E-state index in [1.807, 2.05) is 0 Å². The summed E-state index contributed by atoms with van der Waals surface area (Å²) in [7, 11) is 1.32. The Bertz CT molecular complexity index is 941. The van der Waals surface area contributed by atoms with Gasteiger partial charge < -0.3 is 18.9 Å². The first-order chi connectivity index (χ1) is 14.5. The number of halogens is 2. The van der Waals surface area contributed by atoms with Crippen LogP contribution in [0.1, 0.15) is 11.7 Å². The van der Waals surface area contributed by atoms with Gasteiger partial charge in [-0.2, -0.15) is 0 Å². The van der Waals surface area contributed by atoms with Gasteiger partial charge in [-0.15, -0.1) is 0 Å². The van der Waals surface area contributed by atoms with E-state index in [0.29, 0.717) is 40.3 Å². The summed E-state index contributed by atoms with van der Waals surface area (Å²) in [6.07, 6.45) is -0.904. The zero-order valence-corrected chi connectivity index (χ0v) is 17.7. The van der Waals surface area contributed by atoms with Crippen LogP contribution in [0.2, 0.25) is 10.0 Å². The zero-order chi connectivity index (χ0) is 21.3. The third-order valence-corrected chi connectivity index (χ3v) is 4.60. The summed E-state index contributed by atoms with van der Waals surface area (Å²) in [6.45, 7) is 0.748. The Morgan fingerprint density at radius 1 is 0.733 bits per heavy atom. The maximum absolute atomic E-state index is 12.2. The highest BCUT2D eigenvalue weighted by molar-refractivity contribution is 6.30. The molecule has 156 valence electrons. The van der Waals surface area contributed by atoms with Crippen molar-refractivity contribution in [2.24, 2.45) is 0 Å². The van der Waals surface area contributed by atoms with E-state index < -0.39 is 12.1 Å². The molecular formula is C23H20Cl2O5. The van der Waals surface area contributed by atoms with Gasteiger partial charge in [-0.1, -0.05) is 35.3 Å². The van der Waals surface area contributed by atoms with Crippen LogP contribution < -0.4 is 14.2 Å². The fraction of sp³-hybridized carbons (Fsp3) is 0.174. The second-order valence-corrected chi connectivity index (χ2v) is 7.07. The molecule has 7 heteroatoms. The Morgan fingerprint density at radius 3 is 1.63 bits per heavy atom. The van der Waals surface area contributed by atoms with Crippen LogP contribution in [0.25, 0.3) is 0 Å². The van der Waals surface area contributed by atoms with Crippen LogP contribution in [-0.4, -0.2) is 26.3 Å². The van der Waals surface area contributed by atoms with Gasteiger partial charge in [0.05, 0.1) is 7.11 Å². The first-order valence-corrected chi connectivity index (χ1v) is 9.92. The van der Waals surface area contributed by atoms with E-state index in [-0.39, 0.29) is 0 Å². The Hall–Kier alpha value is -2.89. The number of rotatable bonds is 9. The summed E-state index contributed by atoms with van der Waals surface area (Å²) in [5.74, 6) is 1.37. The summed E-state index contributed by atoms with van der Waals surface area (Å²) in [5.41, 5.74) is 0.640. The molecule has 0 spiro atoms. The lowest BCUT2D eigenvalue weighted by molar-refractivity contribution is -0.149. The average Bonchev–Trinajstić information content (AvgIpc) is 2.77. The van der Waals surface area contributed by atoms with Gasteiger partial charge in [0, 0.05) is 15.6 Å². The van der Waals surface area contributed by atoms with E-state index in [9.17, 15) is 4.79 Å². The lowest BCUT2D eigenvalue weighted by Gasteiger charge is -2.18. The Kier molecular flexibility index (Phi) is 7.82. The van der Waals surface area contributed by atoms with Crippen LogP contribution in [0.3, 0.4) is 0 Å². The molecule has 0 aliphatic heterocycles. The van der Waals surface area contributed by atoms with Crippen LogP contribution in [0.5, 0.6) is 17.2 Å². The van der Waals surface area contributed by atoms with Crippen molar-refractivity contribution in [1.82, 2.24) is 0 Å². The fourth-order valence-electron chi connectivity index (χ4n) is 2.60. The van der Waals surface area contributed by atoms with Crippen molar-refractivity contribution in [2.45, 2.75) is 6.10 Å². The maximum Gasteiger partial charge on any atom is 0.351 e. The van der Waals surface area contributed by atoms with Crippen molar-refractivity contribution in [3.63, 3.8) is 0 Å². The molecule has 1 atom stereocenters. The van der Waals surface area contributed by atoms with Gasteiger partial charge in [0.2, 0.25) is 6.10 Å². The van der Waals surface area contributed by atoms with Gasteiger partial charge in [0.25, 0.3) is 0 Å². The second kappa shape index (κ2) is 10.8. The molecule has 0 aromatic heterocycles. The van der Waals surface area contributed by atoms with Gasteiger partial charge in [-0.3, -0.25) is 0 Å². The van der Waals surface area contributed by atoms with E-state index in [1.165, 1.54) is 7.11 Å². The summed E-state index contributed by atoms with van der Waals surface area (Å²) < 4.78 is 21.9. The van der Waals surface area contributed by atoms with Crippen LogP contribution in [0.15, 0.2) is 72.8 Å². The number of methoxy groups -OCH3 is 1. The topological polar surface area (TPSA) is 54.0 Å². The van der Waals surface area contributed by atoms with Crippen molar-refractivity contribution in [3.05, 3.63) is 88.4 Å². The number of hydrogen-bond acceptors (Lipinski definition) is 5. The molecule has 30 heavy (non-hydrogen) atoms. The van der Waals surface area contributed by atoms with Crippen LogP contribution in [0.4, 0.5) is 0 Å². The zero-order valence-electron chi connectivity index (χ0n) is 16.2. The minimum absolute atomic E-state index is 0.365. The highest BCUT2D eigenvalue weighted by Crippen LogP contribution is 2.26. The van der Waals surface area contributed by atoms with Gasteiger partial charge in [0.15, 0.2) is 0 Å². The van der Waals surface area contributed by atoms with Crippen molar-refractivity contribution in [1.29, 1.82) is 0 Å². The molecule has 0 saturated heterocycles. The summed E-state index contributed by atoms with van der Waals surface area (Å²) in [5, 5.41) is 1.24. The molecule has 0 amide bonds. The van der Waals surface area contributed by atoms with Crippen LogP contribution in [0, 0.1) is 0 Å². The molecule has 0 bridgehead atoms. The monoisotopic (exact) mass is 446 g/mol. The first kappa shape index (κ1) is 21.8. The fourth-order valence-corrected chi connectivity index (χ4v) is 2.85. The van der Waals surface area contributed by atoms with Gasteiger partial charge in [0.1, 0.15) is 30.5 Å². The third kappa shape index (κ3) is 6.31. The first-order valence-electron chi connectivity index (χ1n) is 9.16. The van der Waals surface area contributed by atoms with Crippen molar-refractivity contribution < 1.29 is 23.7 Å². The van der Waals surface area contributed by atoms with Gasteiger partial charge in [-0.05, 0) is 60.7 Å². The largest absolute Gasteiger partial charge is 0.490 e. The number of carbonyl (C=O) groups excluding carboxylic acids is 1. The lowest BCUT2D eigenvalue weighted by atomic mass is 10.1. The van der Waals surface area contributed by atoms with E-state index in [0.717, 1.165) is 5.75 Å². The molecule has 0 heterocycles. The third-order valence-electron chi connectivity index (χ3n) is 4.10. The molecule has 0 N–H and O–H groups in total. The number of benzene rings is 3. The number of esters is 1. The molecule has 0 aliphatic rings. The van der Waals surface area contributed by atoms with Gasteiger partial charge in [-0.25, -0.2) is 4.79 Å². The Balaban J connectivity index is 1.56. The lowest BCUT2D eigenvalue weighted by Crippen LogP contribution is -2.20. The standard InChI is InChI=1S/C23H20Cl2O5/c1-27-23(26)22(30-21-12-6-18(25)7-13-21)16-2-8-19(9-3-16)28-14-15-29-20-10-4-17(24)5-11-20/h2-13,22H,14-15H2,1H3. The highest BCUT2D eigenvalue weighted by Gasteiger charge is 2.23. The Morgan fingerprint density at radius 2 is 1.17 bits per heavy atom. The predicted octanol–water partition coefficient (Wildman–Crippen LogP) is 5.74. The summed E-state index contributed by atoms with van der Waals surface area (Å²) in [6, 6.07) is 20.9. The van der Waals surface area contributed by atoms with Gasteiger partial charge >= 0.3 is 5.97 Å². The number of ether oxygens (including phenoxy) is 4. The summed E-state index contributed by atoms with van der Waals surface area (Å²) in [4.78, 5) is 12.2. The van der Waals surface area contributed by atoms with E-state index in [2.05, 4.69) is 0 Å². The van der Waals surface area contributed by atoms with Crippen LogP contribution in [-0.2, 0) is 9.53 Å². The van der Waals surface area contributed by atoms with Crippen molar-refractivity contribution in [3.8, 4) is 17.2 Å². The van der Waals surface area contributed by atoms with E-state index in [4.69, 9.17) is 42.1 Å². The molecule has 0 radical (unpaired) electrons. The number of hydrogen-bond donors (Lipinski definition) is 0. The average molecular weight is 447 g/mol. The maximum atomic E-state index is 12.2.